The summed E-state index contributed by atoms with van der Waals surface area (Å²) in [5.41, 5.74) is 3.34. The number of H-pyrrole nitrogens is 1. The molecule has 140 valence electrons. The van der Waals surface area contributed by atoms with Crippen molar-refractivity contribution < 1.29 is 9.59 Å². The number of aryl methyl sites for hydroxylation is 1. The molecule has 0 unspecified atom stereocenters. The Balaban J connectivity index is 1.97. The molecule has 0 radical (unpaired) electrons. The molecule has 7 nitrogen and oxygen atoms in total. The van der Waals surface area contributed by atoms with Gasteiger partial charge < -0.3 is 15.6 Å². The van der Waals surface area contributed by atoms with Gasteiger partial charge in [-0.2, -0.15) is 5.26 Å². The summed E-state index contributed by atoms with van der Waals surface area (Å²) in [5.74, 6) is -0.289. The highest BCUT2D eigenvalue weighted by molar-refractivity contribution is 5.88. The number of anilines is 1. The topological polar surface area (TPSA) is 115 Å². The van der Waals surface area contributed by atoms with E-state index >= 15 is 0 Å². The molecule has 1 aromatic carbocycles. The predicted octanol–water partition coefficient (Wildman–Crippen LogP) is 2.07. The van der Waals surface area contributed by atoms with E-state index in [9.17, 15) is 14.4 Å². The van der Waals surface area contributed by atoms with Crippen LogP contribution in [0.2, 0.25) is 0 Å². The van der Waals surface area contributed by atoms with Crippen molar-refractivity contribution in [3.05, 3.63) is 62.6 Å². The Kier molecular flexibility index (Phi) is 6.50. The molecule has 0 spiro atoms. The van der Waals surface area contributed by atoms with Crippen LogP contribution in [-0.4, -0.2) is 16.8 Å². The molecule has 1 aromatic heterocycles. The van der Waals surface area contributed by atoms with Gasteiger partial charge in [0.1, 0.15) is 11.6 Å². The normalized spacial score (nSPS) is 10.1. The van der Waals surface area contributed by atoms with Crippen LogP contribution in [0.25, 0.3) is 0 Å². The molecule has 0 aliphatic rings. The molecule has 2 rings (SSSR count). The molecule has 0 saturated heterocycles. The molecule has 0 aliphatic heterocycles. The fourth-order valence-electron chi connectivity index (χ4n) is 2.91. The third-order valence-corrected chi connectivity index (χ3v) is 4.26. The van der Waals surface area contributed by atoms with Gasteiger partial charge in [0.15, 0.2) is 0 Å². The molecule has 0 fully saturated rings. The van der Waals surface area contributed by atoms with E-state index in [1.807, 2.05) is 18.2 Å². The number of nitrogens with one attached hydrogen (secondary N) is 3. The first-order valence-electron chi connectivity index (χ1n) is 8.57. The summed E-state index contributed by atoms with van der Waals surface area (Å²) in [6.07, 6.45) is 0.671. The van der Waals surface area contributed by atoms with Crippen molar-refractivity contribution in [3.63, 3.8) is 0 Å². The molecule has 3 N–H and O–H groups in total. The lowest BCUT2D eigenvalue weighted by molar-refractivity contribution is -0.121. The summed E-state index contributed by atoms with van der Waals surface area (Å²) in [4.78, 5) is 37.7. The Labute approximate surface area is 157 Å². The van der Waals surface area contributed by atoms with Gasteiger partial charge in [-0.05, 0) is 49.1 Å². The molecule has 0 aliphatic carbocycles. The number of amides is 2. The Bertz CT molecular complexity index is 970. The lowest BCUT2D eigenvalue weighted by Crippen LogP contribution is -2.24. The largest absolute Gasteiger partial charge is 0.352 e. The number of carbonyl (C=O) groups is 2. The second-order valence-electron chi connectivity index (χ2n) is 6.33. The average Bonchev–Trinajstić information content (AvgIpc) is 2.59. The Morgan fingerprint density at radius 2 is 2.00 bits per heavy atom. The van der Waals surface area contributed by atoms with Crippen LogP contribution in [-0.2, 0) is 22.6 Å². The van der Waals surface area contributed by atoms with E-state index < -0.39 is 5.56 Å². The summed E-state index contributed by atoms with van der Waals surface area (Å²) in [5, 5.41) is 14.6. The summed E-state index contributed by atoms with van der Waals surface area (Å²) in [6.45, 7) is 5.27. The lowest BCUT2D eigenvalue weighted by Gasteiger charge is -2.11. The standard InChI is InChI=1S/C20H22N4O3/c1-12-17(13(2)23-20(27)18(12)10-21)7-8-19(26)22-11-15-5-4-6-16(9-15)24-14(3)25/h4-6,9H,7-8,11H2,1-3H3,(H,22,26)(H,23,27)(H,24,25). The summed E-state index contributed by atoms with van der Waals surface area (Å²) in [6, 6.07) is 9.16. The molecule has 2 amide bonds. The molecular formula is C20H22N4O3. The first kappa shape index (κ1) is 19.9. The maximum Gasteiger partial charge on any atom is 0.266 e. The molecule has 7 heteroatoms. The molecule has 1 heterocycles. The van der Waals surface area contributed by atoms with Gasteiger partial charge in [-0.3, -0.25) is 14.4 Å². The SMILES string of the molecule is CC(=O)Nc1cccc(CNC(=O)CCc2c(C)[nH]c(=O)c(C#N)c2C)c1. The highest BCUT2D eigenvalue weighted by Gasteiger charge is 2.13. The van der Waals surface area contributed by atoms with Crippen LogP contribution in [0.3, 0.4) is 0 Å². The Hall–Kier alpha value is -3.40. The first-order valence-corrected chi connectivity index (χ1v) is 8.57. The van der Waals surface area contributed by atoms with Crippen LogP contribution >= 0.6 is 0 Å². The second-order valence-corrected chi connectivity index (χ2v) is 6.33. The third-order valence-electron chi connectivity index (χ3n) is 4.26. The number of benzene rings is 1. The number of hydrogen-bond donors (Lipinski definition) is 3. The van der Waals surface area contributed by atoms with E-state index in [0.717, 1.165) is 11.1 Å². The number of hydrogen-bond acceptors (Lipinski definition) is 4. The molecule has 2 aromatic rings. The van der Waals surface area contributed by atoms with Crippen LogP contribution < -0.4 is 16.2 Å². The van der Waals surface area contributed by atoms with Crippen molar-refractivity contribution in [1.29, 1.82) is 5.26 Å². The van der Waals surface area contributed by atoms with Crippen molar-refractivity contribution in [3.8, 4) is 6.07 Å². The van der Waals surface area contributed by atoms with Crippen LogP contribution in [0.4, 0.5) is 5.69 Å². The smallest absolute Gasteiger partial charge is 0.266 e. The number of aromatic amines is 1. The van der Waals surface area contributed by atoms with E-state index in [2.05, 4.69) is 15.6 Å². The second kappa shape index (κ2) is 8.81. The van der Waals surface area contributed by atoms with Crippen LogP contribution in [0.15, 0.2) is 29.1 Å². The van der Waals surface area contributed by atoms with E-state index in [4.69, 9.17) is 5.26 Å². The number of carbonyl (C=O) groups excluding carboxylic acids is 2. The van der Waals surface area contributed by atoms with Gasteiger partial charge in [-0.25, -0.2) is 0 Å². The first-order chi connectivity index (χ1) is 12.8. The monoisotopic (exact) mass is 366 g/mol. The Morgan fingerprint density at radius 3 is 2.67 bits per heavy atom. The van der Waals surface area contributed by atoms with Crippen molar-refractivity contribution >= 4 is 17.5 Å². The van der Waals surface area contributed by atoms with Gasteiger partial charge in [0, 0.05) is 31.3 Å². The summed E-state index contributed by atoms with van der Waals surface area (Å²) in [7, 11) is 0. The van der Waals surface area contributed by atoms with E-state index in [1.165, 1.54) is 6.92 Å². The maximum absolute atomic E-state index is 12.2. The molecule has 0 bridgehead atoms. The zero-order valence-corrected chi connectivity index (χ0v) is 15.6. The van der Waals surface area contributed by atoms with Crippen molar-refractivity contribution in [2.75, 3.05) is 5.32 Å². The molecule has 0 saturated carbocycles. The van der Waals surface area contributed by atoms with Gasteiger partial charge in [0.25, 0.3) is 5.56 Å². The van der Waals surface area contributed by atoms with E-state index in [1.54, 1.807) is 26.0 Å². The van der Waals surface area contributed by atoms with Crippen molar-refractivity contribution in [1.82, 2.24) is 10.3 Å². The summed E-state index contributed by atoms with van der Waals surface area (Å²) >= 11 is 0. The fourth-order valence-corrected chi connectivity index (χ4v) is 2.91. The van der Waals surface area contributed by atoms with Gasteiger partial charge in [-0.1, -0.05) is 12.1 Å². The minimum atomic E-state index is -0.403. The number of aromatic nitrogens is 1. The molecular weight excluding hydrogens is 344 g/mol. The fraction of sp³-hybridized carbons (Fsp3) is 0.300. The van der Waals surface area contributed by atoms with Gasteiger partial charge in [-0.15, -0.1) is 0 Å². The number of pyridine rings is 1. The number of rotatable bonds is 6. The zero-order chi connectivity index (χ0) is 20.0. The average molecular weight is 366 g/mol. The summed E-state index contributed by atoms with van der Waals surface area (Å²) < 4.78 is 0. The minimum absolute atomic E-state index is 0.0887. The lowest BCUT2D eigenvalue weighted by atomic mass is 9.99. The maximum atomic E-state index is 12.2. The van der Waals surface area contributed by atoms with E-state index in [0.29, 0.717) is 29.9 Å². The van der Waals surface area contributed by atoms with Gasteiger partial charge in [0.2, 0.25) is 11.8 Å². The zero-order valence-electron chi connectivity index (χ0n) is 15.6. The highest BCUT2D eigenvalue weighted by Crippen LogP contribution is 2.15. The van der Waals surface area contributed by atoms with Crippen LogP contribution in [0.1, 0.15) is 41.3 Å². The Morgan fingerprint density at radius 1 is 1.26 bits per heavy atom. The third kappa shape index (κ3) is 5.28. The molecule has 0 atom stereocenters. The van der Waals surface area contributed by atoms with Crippen LogP contribution in [0, 0.1) is 25.2 Å². The quantitative estimate of drug-likeness (QED) is 0.726. The minimum Gasteiger partial charge on any atom is -0.352 e. The van der Waals surface area contributed by atoms with Gasteiger partial charge >= 0.3 is 0 Å². The predicted molar refractivity (Wildman–Crippen MR) is 102 cm³/mol. The van der Waals surface area contributed by atoms with Crippen molar-refractivity contribution in [2.24, 2.45) is 0 Å². The van der Waals surface area contributed by atoms with Crippen molar-refractivity contribution in [2.45, 2.75) is 40.2 Å². The number of nitriles is 1. The van der Waals surface area contributed by atoms with Gasteiger partial charge in [0.05, 0.1) is 0 Å². The highest BCUT2D eigenvalue weighted by atomic mass is 16.2. The van der Waals surface area contributed by atoms with Crippen LogP contribution in [0.5, 0.6) is 0 Å². The number of nitrogens with zero attached hydrogens (tertiary/aromatic N) is 1. The van der Waals surface area contributed by atoms with E-state index in [-0.39, 0.29) is 23.8 Å². The molecule has 27 heavy (non-hydrogen) atoms.